The van der Waals surface area contributed by atoms with E-state index in [1.165, 1.54) is 0 Å². The standard InChI is InChI=1S/C14H18N2O2/c1-5-11-9-10-7-6-8-15-12(10)16(11)13(17)18-14(2,3)4/h6-9H,5H2,1-4H3. The van der Waals surface area contributed by atoms with Gasteiger partial charge in [-0.05, 0) is 45.4 Å². The molecule has 0 amide bonds. The van der Waals surface area contributed by atoms with Crippen molar-refractivity contribution in [2.75, 3.05) is 0 Å². The third kappa shape index (κ3) is 2.37. The number of aromatic nitrogens is 2. The van der Waals surface area contributed by atoms with Crippen LogP contribution in [0.3, 0.4) is 0 Å². The summed E-state index contributed by atoms with van der Waals surface area (Å²) in [6, 6.07) is 5.79. The molecule has 0 aromatic carbocycles. The van der Waals surface area contributed by atoms with Crippen LogP contribution in [0.25, 0.3) is 11.0 Å². The van der Waals surface area contributed by atoms with Crippen molar-refractivity contribution in [3.8, 4) is 0 Å². The summed E-state index contributed by atoms with van der Waals surface area (Å²) in [4.78, 5) is 16.5. The van der Waals surface area contributed by atoms with Crippen molar-refractivity contribution in [3.05, 3.63) is 30.1 Å². The van der Waals surface area contributed by atoms with Crippen molar-refractivity contribution in [3.63, 3.8) is 0 Å². The summed E-state index contributed by atoms with van der Waals surface area (Å²) in [6.07, 6.45) is 2.08. The zero-order valence-corrected chi connectivity index (χ0v) is 11.2. The summed E-state index contributed by atoms with van der Waals surface area (Å²) < 4.78 is 6.97. The topological polar surface area (TPSA) is 44.1 Å². The number of carbonyl (C=O) groups excluding carboxylic acids is 1. The van der Waals surface area contributed by atoms with Crippen LogP contribution in [0.2, 0.25) is 0 Å². The van der Waals surface area contributed by atoms with Crippen molar-refractivity contribution >= 4 is 17.1 Å². The van der Waals surface area contributed by atoms with E-state index in [-0.39, 0.29) is 6.09 Å². The SMILES string of the molecule is CCc1cc2cccnc2n1C(=O)OC(C)(C)C. The van der Waals surface area contributed by atoms with Gasteiger partial charge in [0.15, 0.2) is 0 Å². The fourth-order valence-electron chi connectivity index (χ4n) is 1.86. The lowest BCUT2D eigenvalue weighted by molar-refractivity contribution is 0.0539. The van der Waals surface area contributed by atoms with Gasteiger partial charge in [0.1, 0.15) is 11.2 Å². The molecule has 0 fully saturated rings. The zero-order valence-electron chi connectivity index (χ0n) is 11.2. The molecule has 2 aromatic rings. The molecule has 0 aliphatic rings. The van der Waals surface area contributed by atoms with Gasteiger partial charge in [-0.3, -0.25) is 0 Å². The second-order valence-corrected chi connectivity index (χ2v) is 5.22. The maximum atomic E-state index is 12.2. The highest BCUT2D eigenvalue weighted by Gasteiger charge is 2.21. The van der Waals surface area contributed by atoms with Gasteiger partial charge in [0, 0.05) is 17.3 Å². The first-order valence-electron chi connectivity index (χ1n) is 6.11. The monoisotopic (exact) mass is 246 g/mol. The van der Waals surface area contributed by atoms with E-state index in [1.807, 2.05) is 45.9 Å². The molecule has 0 aliphatic heterocycles. The van der Waals surface area contributed by atoms with Crippen molar-refractivity contribution < 1.29 is 9.53 Å². The number of ether oxygens (including phenoxy) is 1. The van der Waals surface area contributed by atoms with Gasteiger partial charge in [-0.25, -0.2) is 14.3 Å². The van der Waals surface area contributed by atoms with E-state index < -0.39 is 5.60 Å². The van der Waals surface area contributed by atoms with Crippen molar-refractivity contribution in [1.82, 2.24) is 9.55 Å². The van der Waals surface area contributed by atoms with Gasteiger partial charge in [-0.2, -0.15) is 0 Å². The Bertz CT molecular complexity index is 579. The average molecular weight is 246 g/mol. The third-order valence-corrected chi connectivity index (χ3v) is 2.58. The molecule has 0 bridgehead atoms. The molecule has 0 N–H and O–H groups in total. The highest BCUT2D eigenvalue weighted by molar-refractivity contribution is 5.88. The smallest absolute Gasteiger partial charge is 0.420 e. The summed E-state index contributed by atoms with van der Waals surface area (Å²) in [6.45, 7) is 7.58. The second-order valence-electron chi connectivity index (χ2n) is 5.22. The van der Waals surface area contributed by atoms with Crippen LogP contribution in [-0.4, -0.2) is 21.2 Å². The molecule has 0 aliphatic carbocycles. The van der Waals surface area contributed by atoms with E-state index in [4.69, 9.17) is 4.74 Å². The van der Waals surface area contributed by atoms with E-state index in [0.29, 0.717) is 5.65 Å². The van der Waals surface area contributed by atoms with Crippen molar-refractivity contribution in [1.29, 1.82) is 0 Å². The molecule has 2 rings (SSSR count). The summed E-state index contributed by atoms with van der Waals surface area (Å²) >= 11 is 0. The van der Waals surface area contributed by atoms with Gasteiger partial charge in [-0.1, -0.05) is 6.92 Å². The molecular formula is C14H18N2O2. The minimum absolute atomic E-state index is 0.368. The number of hydrogen-bond acceptors (Lipinski definition) is 3. The zero-order chi connectivity index (χ0) is 13.3. The highest BCUT2D eigenvalue weighted by Crippen LogP contribution is 2.20. The Morgan fingerprint density at radius 3 is 2.78 bits per heavy atom. The molecule has 0 spiro atoms. The lowest BCUT2D eigenvalue weighted by Crippen LogP contribution is -2.28. The molecular weight excluding hydrogens is 228 g/mol. The Morgan fingerprint density at radius 2 is 2.17 bits per heavy atom. The summed E-state index contributed by atoms with van der Waals surface area (Å²) in [5.41, 5.74) is 1.06. The van der Waals surface area contributed by atoms with Crippen LogP contribution in [0, 0.1) is 0 Å². The molecule has 2 aromatic heterocycles. The first-order valence-corrected chi connectivity index (χ1v) is 6.11. The summed E-state index contributed by atoms with van der Waals surface area (Å²) in [5.74, 6) is 0. The van der Waals surface area contributed by atoms with Crippen molar-refractivity contribution in [2.24, 2.45) is 0 Å². The van der Waals surface area contributed by atoms with Gasteiger partial charge in [0.25, 0.3) is 0 Å². The molecule has 0 saturated heterocycles. The van der Waals surface area contributed by atoms with Gasteiger partial charge < -0.3 is 4.74 Å². The molecule has 0 atom stereocenters. The molecule has 2 heterocycles. The van der Waals surface area contributed by atoms with Crippen LogP contribution in [0.15, 0.2) is 24.4 Å². The maximum Gasteiger partial charge on any atom is 0.420 e. The fourth-order valence-corrected chi connectivity index (χ4v) is 1.86. The quantitative estimate of drug-likeness (QED) is 0.774. The Labute approximate surface area is 107 Å². The Morgan fingerprint density at radius 1 is 1.44 bits per heavy atom. The Kier molecular flexibility index (Phi) is 3.11. The maximum absolute atomic E-state index is 12.2. The van der Waals surface area contributed by atoms with Crippen LogP contribution in [0.1, 0.15) is 33.4 Å². The number of hydrogen-bond donors (Lipinski definition) is 0. The van der Waals surface area contributed by atoms with Crippen molar-refractivity contribution in [2.45, 2.75) is 39.7 Å². The number of pyridine rings is 1. The number of fused-ring (bicyclic) bond motifs is 1. The highest BCUT2D eigenvalue weighted by atomic mass is 16.6. The normalized spacial score (nSPS) is 11.8. The molecule has 0 saturated carbocycles. The van der Waals surface area contributed by atoms with Gasteiger partial charge in [0.05, 0.1) is 0 Å². The average Bonchev–Trinajstić information content (AvgIpc) is 2.64. The van der Waals surface area contributed by atoms with Crippen LogP contribution >= 0.6 is 0 Å². The van der Waals surface area contributed by atoms with Gasteiger partial charge in [-0.15, -0.1) is 0 Å². The number of rotatable bonds is 1. The minimum Gasteiger partial charge on any atom is -0.443 e. The van der Waals surface area contributed by atoms with Gasteiger partial charge >= 0.3 is 6.09 Å². The fraction of sp³-hybridized carbons (Fsp3) is 0.429. The van der Waals surface area contributed by atoms with Crippen LogP contribution in [0.4, 0.5) is 4.79 Å². The number of aryl methyl sites for hydroxylation is 1. The summed E-state index contributed by atoms with van der Waals surface area (Å²) in [5, 5.41) is 0.959. The molecule has 4 nitrogen and oxygen atoms in total. The van der Waals surface area contributed by atoms with E-state index in [9.17, 15) is 4.79 Å². The predicted octanol–water partition coefficient (Wildman–Crippen LogP) is 3.38. The van der Waals surface area contributed by atoms with Crippen LogP contribution in [-0.2, 0) is 11.2 Å². The first kappa shape index (κ1) is 12.6. The van der Waals surface area contributed by atoms with E-state index in [0.717, 1.165) is 17.5 Å². The molecule has 0 unspecified atom stereocenters. The van der Waals surface area contributed by atoms with E-state index in [2.05, 4.69) is 4.98 Å². The van der Waals surface area contributed by atoms with E-state index >= 15 is 0 Å². The van der Waals surface area contributed by atoms with E-state index in [1.54, 1.807) is 10.8 Å². The predicted molar refractivity (Wildman–Crippen MR) is 70.7 cm³/mol. The molecule has 4 heteroatoms. The molecule has 96 valence electrons. The van der Waals surface area contributed by atoms with Crippen LogP contribution < -0.4 is 0 Å². The molecule has 18 heavy (non-hydrogen) atoms. The summed E-state index contributed by atoms with van der Waals surface area (Å²) in [7, 11) is 0. The minimum atomic E-state index is -0.506. The Hall–Kier alpha value is -1.84. The lowest BCUT2D eigenvalue weighted by Gasteiger charge is -2.20. The first-order chi connectivity index (χ1) is 8.42. The van der Waals surface area contributed by atoms with Gasteiger partial charge in [0.2, 0.25) is 0 Å². The van der Waals surface area contributed by atoms with Crippen LogP contribution in [0.5, 0.6) is 0 Å². The second kappa shape index (κ2) is 4.44. The third-order valence-electron chi connectivity index (χ3n) is 2.58. The number of carbonyl (C=O) groups is 1. The number of nitrogens with zero attached hydrogens (tertiary/aromatic N) is 2. The Balaban J connectivity index is 2.51. The molecule has 0 radical (unpaired) electrons. The lowest BCUT2D eigenvalue weighted by atomic mass is 10.2. The largest absolute Gasteiger partial charge is 0.443 e.